The van der Waals surface area contributed by atoms with Crippen molar-refractivity contribution in [2.24, 2.45) is 0 Å². The molecule has 0 bridgehead atoms. The first-order valence-electron chi connectivity index (χ1n) is 11.2. The highest BCUT2D eigenvalue weighted by Gasteiger charge is 2.16. The average molecular weight is 491 g/mol. The Labute approximate surface area is 204 Å². The van der Waals surface area contributed by atoms with E-state index < -0.39 is 10.0 Å². The van der Waals surface area contributed by atoms with Gasteiger partial charge in [0.05, 0.1) is 10.4 Å². The Kier molecular flexibility index (Phi) is 7.21. The van der Waals surface area contributed by atoms with Gasteiger partial charge in [-0.1, -0.05) is 37.3 Å². The van der Waals surface area contributed by atoms with E-state index in [0.29, 0.717) is 18.8 Å². The number of pyridine rings is 1. The zero-order chi connectivity index (χ0) is 24.8. The van der Waals surface area contributed by atoms with Crippen LogP contribution < -0.4 is 14.9 Å². The zero-order valence-electron chi connectivity index (χ0n) is 19.5. The van der Waals surface area contributed by atoms with Gasteiger partial charge in [-0.05, 0) is 54.3 Å². The minimum absolute atomic E-state index is 0.0269. The number of aromatic nitrogens is 3. The summed E-state index contributed by atoms with van der Waals surface area (Å²) in [6.07, 6.45) is 4.50. The Morgan fingerprint density at radius 1 is 0.943 bits per heavy atom. The smallest absolute Gasteiger partial charge is 0.322 e. The van der Waals surface area contributed by atoms with Gasteiger partial charge in [0.2, 0.25) is 5.95 Å². The van der Waals surface area contributed by atoms with Gasteiger partial charge in [0, 0.05) is 31.4 Å². The molecule has 0 spiro atoms. The van der Waals surface area contributed by atoms with Crippen LogP contribution in [-0.4, -0.2) is 43.0 Å². The van der Waals surface area contributed by atoms with E-state index in [-0.39, 0.29) is 16.9 Å². The van der Waals surface area contributed by atoms with Gasteiger partial charge >= 0.3 is 6.03 Å². The number of hydrogen-bond donors (Lipinski definition) is 2. The molecule has 0 aliphatic heterocycles. The molecule has 4 rings (SSSR count). The molecule has 0 radical (unpaired) electrons. The highest BCUT2D eigenvalue weighted by atomic mass is 32.2. The van der Waals surface area contributed by atoms with Gasteiger partial charge in [0.15, 0.2) is 0 Å². The summed E-state index contributed by atoms with van der Waals surface area (Å²) in [5.41, 5.74) is 2.63. The van der Waals surface area contributed by atoms with Gasteiger partial charge in [-0.25, -0.2) is 32.9 Å². The molecule has 10 heteroatoms. The lowest BCUT2D eigenvalue weighted by atomic mass is 10.1. The number of urea groups is 1. The summed E-state index contributed by atoms with van der Waals surface area (Å²) in [7, 11) is -2.13. The second-order valence-corrected chi connectivity index (χ2v) is 9.60. The lowest BCUT2D eigenvalue weighted by Gasteiger charge is -2.17. The van der Waals surface area contributed by atoms with Crippen molar-refractivity contribution in [1.29, 1.82) is 0 Å². The largest absolute Gasteiger partial charge is 0.337 e. The lowest BCUT2D eigenvalue weighted by Crippen LogP contribution is -2.38. The number of sulfonamides is 1. The van der Waals surface area contributed by atoms with E-state index in [1.165, 1.54) is 17.0 Å². The van der Waals surface area contributed by atoms with Crippen LogP contribution in [0.15, 0.2) is 78.0 Å². The number of carbonyl (C=O) groups is 1. The van der Waals surface area contributed by atoms with E-state index >= 15 is 0 Å². The molecule has 4 aromatic rings. The van der Waals surface area contributed by atoms with Crippen molar-refractivity contribution in [3.05, 3.63) is 84.2 Å². The maximum Gasteiger partial charge on any atom is 0.322 e. The number of rotatable bonds is 8. The molecular weight excluding hydrogens is 464 g/mol. The van der Waals surface area contributed by atoms with Crippen molar-refractivity contribution in [2.45, 2.75) is 24.7 Å². The Hall–Kier alpha value is -4.05. The number of nitrogens with one attached hydrogen (secondary N) is 2. The Morgan fingerprint density at radius 2 is 1.66 bits per heavy atom. The predicted octanol–water partition coefficient (Wildman–Crippen LogP) is 3.78. The van der Waals surface area contributed by atoms with Crippen molar-refractivity contribution in [3.63, 3.8) is 0 Å². The fourth-order valence-corrected chi connectivity index (χ4v) is 4.34. The van der Waals surface area contributed by atoms with Crippen LogP contribution in [-0.2, 0) is 22.9 Å². The van der Waals surface area contributed by atoms with Crippen LogP contribution in [0, 0.1) is 0 Å². The number of anilines is 2. The monoisotopic (exact) mass is 490 g/mol. The molecule has 180 valence electrons. The SMILES string of the molecule is CCc1cnc(NS(=O)(=O)c2ccc(CCNC(=O)N(C)c3ccc4ccccc4n3)cc2)nc1. The van der Waals surface area contributed by atoms with Crippen molar-refractivity contribution in [1.82, 2.24) is 20.3 Å². The van der Waals surface area contributed by atoms with Crippen LogP contribution in [0.4, 0.5) is 16.6 Å². The van der Waals surface area contributed by atoms with E-state index in [1.54, 1.807) is 37.6 Å². The van der Waals surface area contributed by atoms with Crippen LogP contribution >= 0.6 is 0 Å². The highest BCUT2D eigenvalue weighted by molar-refractivity contribution is 7.92. The summed E-state index contributed by atoms with van der Waals surface area (Å²) in [6, 6.07) is 17.7. The van der Waals surface area contributed by atoms with E-state index in [4.69, 9.17) is 0 Å². The average Bonchev–Trinajstić information content (AvgIpc) is 2.88. The Bertz CT molecular complexity index is 1420. The quantitative estimate of drug-likeness (QED) is 0.388. The molecule has 2 N–H and O–H groups in total. The molecule has 9 nitrogen and oxygen atoms in total. The van der Waals surface area contributed by atoms with E-state index in [2.05, 4.69) is 25.0 Å². The first-order chi connectivity index (χ1) is 16.9. The number of nitrogens with zero attached hydrogens (tertiary/aromatic N) is 4. The third-order valence-electron chi connectivity index (χ3n) is 5.49. The van der Waals surface area contributed by atoms with Gasteiger partial charge in [0.25, 0.3) is 10.0 Å². The molecule has 0 unspecified atom stereocenters. The Morgan fingerprint density at radius 3 is 2.37 bits per heavy atom. The van der Waals surface area contributed by atoms with Gasteiger partial charge in [-0.15, -0.1) is 0 Å². The summed E-state index contributed by atoms with van der Waals surface area (Å²) in [5, 5.41) is 3.87. The van der Waals surface area contributed by atoms with Crippen LogP contribution in [0.2, 0.25) is 0 Å². The molecule has 0 aliphatic carbocycles. The predicted molar refractivity (Wildman–Crippen MR) is 136 cm³/mol. The van der Waals surface area contributed by atoms with Gasteiger partial charge in [-0.3, -0.25) is 4.90 Å². The summed E-state index contributed by atoms with van der Waals surface area (Å²) < 4.78 is 27.6. The molecule has 0 saturated heterocycles. The summed E-state index contributed by atoms with van der Waals surface area (Å²) in [5.74, 6) is 0.579. The minimum Gasteiger partial charge on any atom is -0.337 e. The van der Waals surface area contributed by atoms with Crippen LogP contribution in [0.1, 0.15) is 18.1 Å². The zero-order valence-corrected chi connectivity index (χ0v) is 20.3. The number of fused-ring (bicyclic) bond motifs is 1. The maximum atomic E-state index is 12.6. The van der Waals surface area contributed by atoms with E-state index in [9.17, 15) is 13.2 Å². The van der Waals surface area contributed by atoms with Gasteiger partial charge in [-0.2, -0.15) is 0 Å². The van der Waals surface area contributed by atoms with Crippen LogP contribution in [0.25, 0.3) is 10.9 Å². The number of para-hydroxylation sites is 1. The molecule has 35 heavy (non-hydrogen) atoms. The third-order valence-corrected chi connectivity index (χ3v) is 6.84. The van der Waals surface area contributed by atoms with Crippen molar-refractivity contribution < 1.29 is 13.2 Å². The Balaban J connectivity index is 1.31. The maximum absolute atomic E-state index is 12.6. The molecular formula is C25H26N6O3S. The fourth-order valence-electron chi connectivity index (χ4n) is 3.38. The topological polar surface area (TPSA) is 117 Å². The standard InChI is InChI=1S/C25H26N6O3S/c1-3-18-16-27-24(28-17-18)30-35(33,34)21-11-8-19(9-12-21)14-15-26-25(32)31(2)23-13-10-20-6-4-5-7-22(20)29-23/h4-13,16-17H,3,14-15H2,1-2H3,(H,26,32)(H,27,28,30). The molecule has 2 amide bonds. The number of benzene rings is 2. The molecule has 2 aromatic heterocycles. The highest BCUT2D eigenvalue weighted by Crippen LogP contribution is 2.17. The molecule has 2 aromatic carbocycles. The molecule has 0 aliphatic rings. The molecule has 0 atom stereocenters. The fraction of sp³-hybridized carbons (Fsp3) is 0.200. The minimum atomic E-state index is -3.80. The number of carbonyl (C=O) groups excluding carboxylic acids is 1. The van der Waals surface area contributed by atoms with Gasteiger partial charge in [0.1, 0.15) is 5.82 Å². The number of amides is 2. The van der Waals surface area contributed by atoms with Crippen LogP contribution in [0.5, 0.6) is 0 Å². The van der Waals surface area contributed by atoms with Gasteiger partial charge < -0.3 is 5.32 Å². The van der Waals surface area contributed by atoms with Crippen LogP contribution in [0.3, 0.4) is 0 Å². The molecule has 0 saturated carbocycles. The summed E-state index contributed by atoms with van der Waals surface area (Å²) >= 11 is 0. The number of aryl methyl sites for hydroxylation is 1. The van der Waals surface area contributed by atoms with E-state index in [1.807, 2.05) is 37.3 Å². The normalized spacial score (nSPS) is 11.3. The molecule has 2 heterocycles. The van der Waals surface area contributed by atoms with Crippen molar-refractivity contribution >= 4 is 38.7 Å². The first-order valence-corrected chi connectivity index (χ1v) is 12.6. The number of hydrogen-bond acceptors (Lipinski definition) is 6. The lowest BCUT2D eigenvalue weighted by molar-refractivity contribution is 0.247. The summed E-state index contributed by atoms with van der Waals surface area (Å²) in [6.45, 7) is 2.36. The second kappa shape index (κ2) is 10.5. The van der Waals surface area contributed by atoms with Crippen molar-refractivity contribution in [2.75, 3.05) is 23.2 Å². The van der Waals surface area contributed by atoms with E-state index in [0.717, 1.165) is 28.5 Å². The second-order valence-electron chi connectivity index (χ2n) is 7.92. The van der Waals surface area contributed by atoms with Crippen molar-refractivity contribution in [3.8, 4) is 0 Å². The third kappa shape index (κ3) is 5.90. The molecule has 0 fully saturated rings. The first kappa shape index (κ1) is 24.1. The summed E-state index contributed by atoms with van der Waals surface area (Å²) in [4.78, 5) is 26.7.